The lowest BCUT2D eigenvalue weighted by Gasteiger charge is -2.41. The number of carbonyl (C=O) groups is 1. The average molecular weight is 273 g/mol. The molecule has 20 heavy (non-hydrogen) atoms. The van der Waals surface area contributed by atoms with E-state index >= 15 is 0 Å². The van der Waals surface area contributed by atoms with Gasteiger partial charge in [-0.1, -0.05) is 38.1 Å². The topological polar surface area (TPSA) is 53.2 Å². The van der Waals surface area contributed by atoms with E-state index in [0.29, 0.717) is 12.6 Å². The molecule has 0 radical (unpaired) electrons. The van der Waals surface area contributed by atoms with Crippen molar-refractivity contribution in [3.8, 4) is 0 Å². The number of carbonyl (C=O) groups excluding carboxylic acids is 1. The maximum Gasteiger partial charge on any atom is 0.242 e. The first-order valence-corrected chi connectivity index (χ1v) is 7.48. The summed E-state index contributed by atoms with van der Waals surface area (Å²) in [4.78, 5) is 12.4. The first-order valence-electron chi connectivity index (χ1n) is 7.48. The van der Waals surface area contributed by atoms with E-state index in [2.05, 4.69) is 54.1 Å². The Morgan fingerprint density at radius 2 is 2.10 bits per heavy atom. The molecule has 3 N–H and O–H groups in total. The fourth-order valence-electron chi connectivity index (χ4n) is 3.61. The smallest absolute Gasteiger partial charge is 0.242 e. The zero-order valence-corrected chi connectivity index (χ0v) is 12.2. The van der Waals surface area contributed by atoms with Gasteiger partial charge in [-0.2, -0.15) is 0 Å². The van der Waals surface area contributed by atoms with E-state index < -0.39 is 5.54 Å². The van der Waals surface area contributed by atoms with E-state index in [1.807, 2.05) is 0 Å². The van der Waals surface area contributed by atoms with Crippen molar-refractivity contribution in [3.63, 3.8) is 0 Å². The molecule has 0 bridgehead atoms. The van der Waals surface area contributed by atoms with Crippen LogP contribution in [0.4, 0.5) is 0 Å². The third kappa shape index (κ3) is 2.03. The lowest BCUT2D eigenvalue weighted by Crippen LogP contribution is -2.59. The van der Waals surface area contributed by atoms with E-state index in [1.165, 1.54) is 11.1 Å². The molecule has 1 spiro atoms. The quantitative estimate of drug-likeness (QED) is 0.761. The maximum atomic E-state index is 12.4. The summed E-state index contributed by atoms with van der Waals surface area (Å²) >= 11 is 0. The van der Waals surface area contributed by atoms with E-state index in [4.69, 9.17) is 0 Å². The van der Waals surface area contributed by atoms with Crippen LogP contribution in [-0.2, 0) is 4.79 Å². The van der Waals surface area contributed by atoms with Crippen molar-refractivity contribution >= 4 is 5.91 Å². The predicted molar refractivity (Wildman–Crippen MR) is 79.6 cm³/mol. The maximum absolute atomic E-state index is 12.4. The first kappa shape index (κ1) is 13.6. The van der Waals surface area contributed by atoms with Gasteiger partial charge in [0.05, 0.1) is 6.67 Å². The number of amides is 1. The summed E-state index contributed by atoms with van der Waals surface area (Å²) in [6.07, 6.45) is 0.843. The van der Waals surface area contributed by atoms with Crippen molar-refractivity contribution in [2.75, 3.05) is 19.8 Å². The zero-order valence-electron chi connectivity index (χ0n) is 12.2. The van der Waals surface area contributed by atoms with Crippen LogP contribution in [0, 0.1) is 0 Å². The summed E-state index contributed by atoms with van der Waals surface area (Å²) in [5.74, 6) is 0.814. The van der Waals surface area contributed by atoms with Gasteiger partial charge in [0.1, 0.15) is 5.54 Å². The Labute approximate surface area is 120 Å². The Morgan fingerprint density at radius 3 is 2.80 bits per heavy atom. The molecule has 3 rings (SSSR count). The largest absolute Gasteiger partial charge is 0.342 e. The summed E-state index contributed by atoms with van der Waals surface area (Å²) < 4.78 is 0. The SMILES string of the molecule is CC(C)c1ccccc1C1CNCCC12NCNC2=O. The van der Waals surface area contributed by atoms with Crippen LogP contribution in [0.15, 0.2) is 24.3 Å². The van der Waals surface area contributed by atoms with Gasteiger partial charge < -0.3 is 10.6 Å². The van der Waals surface area contributed by atoms with Crippen LogP contribution in [0.1, 0.15) is 43.2 Å². The summed E-state index contributed by atoms with van der Waals surface area (Å²) in [7, 11) is 0. The zero-order chi connectivity index (χ0) is 14.2. The molecular formula is C16H23N3O. The molecule has 2 fully saturated rings. The Bertz CT molecular complexity index is 514. The van der Waals surface area contributed by atoms with Crippen molar-refractivity contribution in [2.45, 2.75) is 37.6 Å². The number of hydrogen-bond donors (Lipinski definition) is 3. The van der Waals surface area contributed by atoms with Crippen LogP contribution < -0.4 is 16.0 Å². The number of benzene rings is 1. The molecule has 4 nitrogen and oxygen atoms in total. The molecule has 2 saturated heterocycles. The van der Waals surface area contributed by atoms with Crippen molar-refractivity contribution < 1.29 is 4.79 Å². The fourth-order valence-corrected chi connectivity index (χ4v) is 3.61. The number of nitrogens with one attached hydrogen (secondary N) is 3. The minimum atomic E-state index is -0.434. The van der Waals surface area contributed by atoms with Crippen molar-refractivity contribution in [1.29, 1.82) is 0 Å². The summed E-state index contributed by atoms with van der Waals surface area (Å²) in [6, 6.07) is 8.54. The monoisotopic (exact) mass is 273 g/mol. The molecule has 2 aliphatic heterocycles. The van der Waals surface area contributed by atoms with E-state index in [0.717, 1.165) is 19.5 Å². The molecule has 1 amide bonds. The highest BCUT2D eigenvalue weighted by Crippen LogP contribution is 2.38. The highest BCUT2D eigenvalue weighted by atomic mass is 16.2. The minimum absolute atomic E-state index is 0.155. The molecule has 1 aromatic carbocycles. The summed E-state index contributed by atoms with van der Waals surface area (Å²) in [5.41, 5.74) is 2.22. The van der Waals surface area contributed by atoms with Crippen LogP contribution in [0.2, 0.25) is 0 Å². The standard InChI is InChI=1S/C16H23N3O/c1-11(2)12-5-3-4-6-13(12)14-9-17-8-7-16(14)15(20)18-10-19-16/h3-6,11,14,17,19H,7-10H2,1-2H3,(H,18,20). The molecule has 0 aliphatic carbocycles. The third-order valence-corrected chi connectivity index (χ3v) is 4.69. The highest BCUT2D eigenvalue weighted by molar-refractivity contribution is 5.90. The van der Waals surface area contributed by atoms with Crippen LogP contribution >= 0.6 is 0 Å². The summed E-state index contributed by atoms with van der Waals surface area (Å²) in [6.45, 7) is 6.75. The average Bonchev–Trinajstić information content (AvgIpc) is 2.81. The van der Waals surface area contributed by atoms with Crippen molar-refractivity contribution in [1.82, 2.24) is 16.0 Å². The number of piperidine rings is 1. The second kappa shape index (κ2) is 5.19. The Morgan fingerprint density at radius 1 is 1.30 bits per heavy atom. The van der Waals surface area contributed by atoms with Crippen LogP contribution in [0.5, 0.6) is 0 Å². The van der Waals surface area contributed by atoms with Crippen LogP contribution in [0.25, 0.3) is 0 Å². The Hall–Kier alpha value is -1.39. The molecule has 2 atom stereocenters. The van der Waals surface area contributed by atoms with Crippen molar-refractivity contribution in [3.05, 3.63) is 35.4 Å². The molecule has 1 aromatic rings. The van der Waals surface area contributed by atoms with Gasteiger partial charge in [-0.15, -0.1) is 0 Å². The first-order chi connectivity index (χ1) is 9.65. The highest BCUT2D eigenvalue weighted by Gasteiger charge is 2.50. The molecule has 0 saturated carbocycles. The normalized spacial score (nSPS) is 29.9. The van der Waals surface area contributed by atoms with Crippen molar-refractivity contribution in [2.24, 2.45) is 0 Å². The predicted octanol–water partition coefficient (Wildman–Crippen LogP) is 1.30. The van der Waals surface area contributed by atoms with E-state index in [9.17, 15) is 4.79 Å². The van der Waals surface area contributed by atoms with E-state index in [1.54, 1.807) is 0 Å². The molecular weight excluding hydrogens is 250 g/mol. The van der Waals surface area contributed by atoms with Gasteiger partial charge in [0.2, 0.25) is 5.91 Å². The molecule has 2 heterocycles. The number of hydrogen-bond acceptors (Lipinski definition) is 3. The Kier molecular flexibility index (Phi) is 3.52. The summed E-state index contributed by atoms with van der Waals surface area (Å²) in [5, 5.41) is 9.84. The van der Waals surface area contributed by atoms with E-state index in [-0.39, 0.29) is 11.8 Å². The van der Waals surface area contributed by atoms with Gasteiger partial charge in [0.15, 0.2) is 0 Å². The lowest BCUT2D eigenvalue weighted by atomic mass is 9.72. The van der Waals surface area contributed by atoms with Crippen LogP contribution in [-0.4, -0.2) is 31.2 Å². The lowest BCUT2D eigenvalue weighted by molar-refractivity contribution is -0.125. The van der Waals surface area contributed by atoms with Gasteiger partial charge in [0, 0.05) is 12.5 Å². The molecule has 0 aromatic heterocycles. The molecule has 2 aliphatic rings. The van der Waals surface area contributed by atoms with Crippen LogP contribution in [0.3, 0.4) is 0 Å². The van der Waals surface area contributed by atoms with Gasteiger partial charge in [-0.05, 0) is 30.0 Å². The Balaban J connectivity index is 2.05. The fraction of sp³-hybridized carbons (Fsp3) is 0.562. The number of rotatable bonds is 2. The third-order valence-electron chi connectivity index (χ3n) is 4.69. The van der Waals surface area contributed by atoms with Gasteiger partial charge in [0.25, 0.3) is 0 Å². The minimum Gasteiger partial charge on any atom is -0.342 e. The second-order valence-corrected chi connectivity index (χ2v) is 6.12. The molecule has 4 heteroatoms. The van der Waals surface area contributed by atoms with Gasteiger partial charge >= 0.3 is 0 Å². The van der Waals surface area contributed by atoms with Gasteiger partial charge in [-0.3, -0.25) is 10.1 Å². The second-order valence-electron chi connectivity index (χ2n) is 6.12. The molecule has 2 unspecified atom stereocenters. The molecule has 108 valence electrons. The van der Waals surface area contributed by atoms with Gasteiger partial charge in [-0.25, -0.2) is 0 Å².